The van der Waals surface area contributed by atoms with Crippen LogP contribution in [0.15, 0.2) is 79.0 Å². The lowest BCUT2D eigenvalue weighted by atomic mass is 9.74. The van der Waals surface area contributed by atoms with Crippen molar-refractivity contribution in [1.29, 1.82) is 0 Å². The molecule has 0 unspecified atom stereocenters. The molecule has 0 amide bonds. The van der Waals surface area contributed by atoms with Crippen LogP contribution in [-0.4, -0.2) is 35.1 Å². The summed E-state index contributed by atoms with van der Waals surface area (Å²) in [5, 5.41) is 0. The first kappa shape index (κ1) is 28.6. The fourth-order valence-electron chi connectivity index (χ4n) is 5.41. The molecule has 5 heteroatoms. The molecule has 1 aliphatic heterocycles. The minimum atomic E-state index is -1.09. The van der Waals surface area contributed by atoms with Gasteiger partial charge in [0, 0.05) is 41.7 Å². The summed E-state index contributed by atoms with van der Waals surface area (Å²) in [4.78, 5) is 33.0. The highest BCUT2D eigenvalue weighted by atomic mass is 16.5. The van der Waals surface area contributed by atoms with Crippen molar-refractivity contribution in [3.05, 3.63) is 101 Å². The van der Waals surface area contributed by atoms with E-state index < -0.39 is 5.41 Å². The van der Waals surface area contributed by atoms with Gasteiger partial charge >= 0.3 is 0 Å². The molecular formula is C33H38N2O3. The molecule has 1 aromatic heterocycles. The van der Waals surface area contributed by atoms with Crippen LogP contribution < -0.4 is 4.74 Å². The van der Waals surface area contributed by atoms with Gasteiger partial charge in [0.15, 0.2) is 11.6 Å². The molecule has 2 aliphatic rings. The average molecular weight is 511 g/mol. The summed E-state index contributed by atoms with van der Waals surface area (Å²) >= 11 is 0. The molecule has 5 nitrogen and oxygen atoms in total. The maximum Gasteiger partial charge on any atom is 0.167 e. The summed E-state index contributed by atoms with van der Waals surface area (Å²) in [6.45, 7) is 13.2. The number of carbonyl (C=O) groups is 2. The van der Waals surface area contributed by atoms with Crippen LogP contribution in [0.2, 0.25) is 0 Å². The molecule has 1 fully saturated rings. The summed E-state index contributed by atoms with van der Waals surface area (Å²) in [6.07, 6.45) is 3.72. The number of hydrogen-bond acceptors (Lipinski definition) is 5. The van der Waals surface area contributed by atoms with E-state index in [1.807, 2.05) is 76.2 Å². The van der Waals surface area contributed by atoms with Crippen molar-refractivity contribution in [2.75, 3.05) is 13.7 Å². The Morgan fingerprint density at radius 1 is 1.11 bits per heavy atom. The number of aryl methyl sites for hydroxylation is 1. The molecule has 0 spiro atoms. The van der Waals surface area contributed by atoms with Gasteiger partial charge in [-0.2, -0.15) is 0 Å². The Hall–Kier alpha value is -3.99. The van der Waals surface area contributed by atoms with Crippen LogP contribution in [0.5, 0.6) is 5.75 Å². The quantitative estimate of drug-likeness (QED) is 0.275. The monoisotopic (exact) mass is 510 g/mol. The van der Waals surface area contributed by atoms with Gasteiger partial charge in [0.1, 0.15) is 5.75 Å². The van der Waals surface area contributed by atoms with Gasteiger partial charge < -0.3 is 9.64 Å². The van der Waals surface area contributed by atoms with Crippen LogP contribution in [0, 0.1) is 6.92 Å². The zero-order valence-electron chi connectivity index (χ0n) is 22.3. The van der Waals surface area contributed by atoms with Crippen LogP contribution in [-0.2, 0) is 21.5 Å². The highest BCUT2D eigenvalue weighted by Gasteiger charge is 2.52. The maximum atomic E-state index is 13.5. The predicted octanol–water partition coefficient (Wildman–Crippen LogP) is 6.94. The number of ketones is 2. The van der Waals surface area contributed by atoms with Gasteiger partial charge in [-0.25, -0.2) is 0 Å². The molecule has 1 aliphatic carbocycles. The van der Waals surface area contributed by atoms with Gasteiger partial charge in [-0.15, -0.1) is 0 Å². The lowest BCUT2D eigenvalue weighted by Crippen LogP contribution is -2.43. The van der Waals surface area contributed by atoms with Crippen molar-refractivity contribution in [2.24, 2.45) is 0 Å². The van der Waals surface area contributed by atoms with Crippen molar-refractivity contribution in [2.45, 2.75) is 53.5 Å². The van der Waals surface area contributed by atoms with Gasteiger partial charge in [0.2, 0.25) is 0 Å². The number of rotatable bonds is 5. The molecule has 0 bridgehead atoms. The van der Waals surface area contributed by atoms with E-state index in [0.29, 0.717) is 18.7 Å². The van der Waals surface area contributed by atoms with E-state index >= 15 is 0 Å². The van der Waals surface area contributed by atoms with Gasteiger partial charge in [0.05, 0.1) is 24.6 Å². The molecule has 0 saturated heterocycles. The number of ether oxygens (including phenoxy) is 1. The van der Waals surface area contributed by atoms with Crippen molar-refractivity contribution >= 4 is 17.3 Å². The SMILES string of the molecule is C.C=C1C(=O)CC(=O)[C@]1(CN1Cc2ccc(OC)cc2/C1=C\C)c1ccc(-c2ncccc2C)cc1.CC. The van der Waals surface area contributed by atoms with Crippen molar-refractivity contribution in [3.63, 3.8) is 0 Å². The third-order valence-electron chi connectivity index (χ3n) is 7.31. The standard InChI is InChI=1S/C30H28N2O3.C2H6.CH4/c1-5-26-25-15-24(35-4)13-10-22(25)17-32(26)18-30(20(3)27(33)16-28(30)34)23-11-8-21(9-12-23)29-19(2)7-6-14-31-29;1-2;/h5-15H,3,16-18H2,1-2,4H3;1-2H3;1H4/b26-5+;;/t30-;;/m0../s1. The van der Waals surface area contributed by atoms with E-state index in [2.05, 4.69) is 28.6 Å². The molecule has 2 heterocycles. The molecule has 1 atom stereocenters. The molecule has 38 heavy (non-hydrogen) atoms. The summed E-state index contributed by atoms with van der Waals surface area (Å²) in [7, 11) is 1.65. The van der Waals surface area contributed by atoms with E-state index in [9.17, 15) is 9.59 Å². The Bertz CT molecular complexity index is 1390. The number of carbonyl (C=O) groups excluding carboxylic acids is 2. The first-order valence-electron chi connectivity index (χ1n) is 12.8. The summed E-state index contributed by atoms with van der Waals surface area (Å²) < 4.78 is 5.43. The molecule has 3 aromatic rings. The minimum Gasteiger partial charge on any atom is -0.497 e. The number of Topliss-reactive ketones (excluding diaryl/α,β-unsaturated/α-hetero) is 2. The van der Waals surface area contributed by atoms with Crippen LogP contribution in [0.4, 0.5) is 0 Å². The molecule has 0 radical (unpaired) electrons. The van der Waals surface area contributed by atoms with E-state index in [-0.39, 0.29) is 25.4 Å². The number of fused-ring (bicyclic) bond motifs is 1. The smallest absolute Gasteiger partial charge is 0.167 e. The van der Waals surface area contributed by atoms with Gasteiger partial charge in [-0.05, 0) is 48.7 Å². The first-order valence-corrected chi connectivity index (χ1v) is 12.8. The highest BCUT2D eigenvalue weighted by Crippen LogP contribution is 2.45. The molecule has 5 rings (SSSR count). The fourth-order valence-corrected chi connectivity index (χ4v) is 5.41. The van der Waals surface area contributed by atoms with Crippen LogP contribution >= 0.6 is 0 Å². The zero-order valence-corrected chi connectivity index (χ0v) is 22.3. The minimum absolute atomic E-state index is 0. The number of aromatic nitrogens is 1. The lowest BCUT2D eigenvalue weighted by molar-refractivity contribution is -0.123. The Balaban J connectivity index is 0.00000130. The Morgan fingerprint density at radius 2 is 1.82 bits per heavy atom. The lowest BCUT2D eigenvalue weighted by Gasteiger charge is -2.35. The molecule has 198 valence electrons. The third-order valence-corrected chi connectivity index (χ3v) is 7.31. The largest absolute Gasteiger partial charge is 0.497 e. The van der Waals surface area contributed by atoms with Gasteiger partial charge in [-0.3, -0.25) is 14.6 Å². The molecule has 1 saturated carbocycles. The average Bonchev–Trinajstić information content (AvgIpc) is 3.38. The third kappa shape index (κ3) is 4.69. The van der Waals surface area contributed by atoms with E-state index in [0.717, 1.165) is 45.0 Å². The topological polar surface area (TPSA) is 59.5 Å². The number of benzene rings is 2. The highest BCUT2D eigenvalue weighted by molar-refractivity contribution is 6.22. The second kappa shape index (κ2) is 11.6. The normalized spacial score (nSPS) is 19.1. The maximum absolute atomic E-state index is 13.5. The Kier molecular flexibility index (Phi) is 8.72. The summed E-state index contributed by atoms with van der Waals surface area (Å²) in [5.74, 6) is 0.509. The number of methoxy groups -OCH3 is 1. The molecular weight excluding hydrogens is 472 g/mol. The molecule has 2 aromatic carbocycles. The van der Waals surface area contributed by atoms with Crippen LogP contribution in [0.1, 0.15) is 56.9 Å². The second-order valence-corrected chi connectivity index (χ2v) is 9.21. The Labute approximate surface area is 226 Å². The number of nitrogens with zero attached hydrogens (tertiary/aromatic N) is 2. The number of allylic oxidation sites excluding steroid dienone is 1. The van der Waals surface area contributed by atoms with Gasteiger partial charge in [-0.1, -0.05) is 70.3 Å². The van der Waals surface area contributed by atoms with Crippen molar-refractivity contribution < 1.29 is 14.3 Å². The van der Waals surface area contributed by atoms with E-state index in [1.165, 1.54) is 0 Å². The zero-order chi connectivity index (χ0) is 26.7. The van der Waals surface area contributed by atoms with Crippen molar-refractivity contribution in [1.82, 2.24) is 9.88 Å². The van der Waals surface area contributed by atoms with Gasteiger partial charge in [0.25, 0.3) is 0 Å². The van der Waals surface area contributed by atoms with E-state index in [1.54, 1.807) is 13.3 Å². The number of pyridine rings is 1. The summed E-state index contributed by atoms with van der Waals surface area (Å²) in [5.41, 5.74) is 6.30. The second-order valence-electron chi connectivity index (χ2n) is 9.21. The fraction of sp³-hybridized carbons (Fsp3) is 0.303. The first-order chi connectivity index (χ1) is 17.9. The van der Waals surface area contributed by atoms with Crippen LogP contribution in [0.25, 0.3) is 17.0 Å². The predicted molar refractivity (Wildman–Crippen MR) is 155 cm³/mol. The van der Waals surface area contributed by atoms with E-state index in [4.69, 9.17) is 4.74 Å². The van der Waals surface area contributed by atoms with Crippen molar-refractivity contribution in [3.8, 4) is 17.0 Å². The Morgan fingerprint density at radius 3 is 2.39 bits per heavy atom. The molecule has 0 N–H and O–H groups in total. The number of hydrogen-bond donors (Lipinski definition) is 0. The van der Waals surface area contributed by atoms with Crippen LogP contribution in [0.3, 0.4) is 0 Å². The summed E-state index contributed by atoms with van der Waals surface area (Å²) in [6, 6.07) is 17.8.